The zero-order chi connectivity index (χ0) is 31.1. The van der Waals surface area contributed by atoms with Crippen molar-refractivity contribution in [2.24, 2.45) is 7.05 Å². The van der Waals surface area contributed by atoms with Crippen molar-refractivity contribution in [3.63, 3.8) is 0 Å². The van der Waals surface area contributed by atoms with Crippen molar-refractivity contribution < 1.29 is 23.5 Å². The van der Waals surface area contributed by atoms with Crippen molar-refractivity contribution in [1.82, 2.24) is 14.8 Å². The van der Waals surface area contributed by atoms with Gasteiger partial charge < -0.3 is 20.3 Å². The fourth-order valence-corrected chi connectivity index (χ4v) is 4.60. The molecule has 1 unspecified atom stereocenters. The van der Waals surface area contributed by atoms with Gasteiger partial charge in [0.1, 0.15) is 17.2 Å². The lowest BCUT2D eigenvalue weighted by Gasteiger charge is -2.27. The Labute approximate surface area is 245 Å². The van der Waals surface area contributed by atoms with Crippen LogP contribution < -0.4 is 21.1 Å². The zero-order valence-electron chi connectivity index (χ0n) is 25.1. The van der Waals surface area contributed by atoms with Crippen LogP contribution in [-0.4, -0.2) is 61.0 Å². The van der Waals surface area contributed by atoms with Gasteiger partial charge in [0.05, 0.1) is 24.0 Å². The van der Waals surface area contributed by atoms with E-state index >= 15 is 0 Å². The largest absolute Gasteiger partial charge is 0.379 e. The fourth-order valence-electron chi connectivity index (χ4n) is 4.60. The lowest BCUT2D eigenvalue weighted by Crippen LogP contribution is -2.35. The Hall–Kier alpha value is -4.51. The molecule has 1 aliphatic heterocycles. The van der Waals surface area contributed by atoms with Gasteiger partial charge >= 0.3 is 0 Å². The van der Waals surface area contributed by atoms with E-state index in [1.807, 2.05) is 13.8 Å². The van der Waals surface area contributed by atoms with Crippen molar-refractivity contribution >= 4 is 41.1 Å². The van der Waals surface area contributed by atoms with Crippen molar-refractivity contribution in [2.75, 3.05) is 37.5 Å². The Kier molecular flexibility index (Phi) is 10.6. The molecule has 3 amide bonds. The Balaban J connectivity index is 0.00000237. The number of nitrogens with zero attached hydrogens (tertiary/aromatic N) is 3. The molecule has 0 spiro atoms. The molecule has 3 aromatic rings. The van der Waals surface area contributed by atoms with Crippen LogP contribution in [0.3, 0.4) is 0 Å². The van der Waals surface area contributed by atoms with E-state index in [9.17, 15) is 23.6 Å². The predicted molar refractivity (Wildman–Crippen MR) is 162 cm³/mol. The highest BCUT2D eigenvalue weighted by molar-refractivity contribution is 6.09. The highest BCUT2D eigenvalue weighted by Crippen LogP contribution is 2.36. The quantitative estimate of drug-likeness (QED) is 0.382. The van der Waals surface area contributed by atoms with Crippen LogP contribution in [0.15, 0.2) is 47.3 Å². The maximum atomic E-state index is 14.8. The Morgan fingerprint density at radius 3 is 2.43 bits per heavy atom. The SMILES string of the molecule is CC.Cc1ccc(Nc2c(C(=O)N(C)C)c(N(C=O)c3cccc(C(=O)NC4CCOC4)c3)c(C)c(=O)n2C)c(F)c1. The van der Waals surface area contributed by atoms with Crippen LogP contribution in [0.5, 0.6) is 0 Å². The lowest BCUT2D eigenvalue weighted by molar-refractivity contribution is -0.106. The third-order valence-electron chi connectivity index (χ3n) is 6.79. The van der Waals surface area contributed by atoms with Gasteiger partial charge in [-0.15, -0.1) is 0 Å². The second kappa shape index (κ2) is 13.9. The van der Waals surface area contributed by atoms with Crippen LogP contribution in [0, 0.1) is 19.7 Å². The summed E-state index contributed by atoms with van der Waals surface area (Å²) in [7, 11) is 4.53. The molecular weight excluding hydrogens is 541 g/mol. The third kappa shape index (κ3) is 6.68. The smallest absolute Gasteiger partial charge is 0.259 e. The molecule has 2 heterocycles. The number of aryl methyl sites for hydroxylation is 1. The number of aromatic nitrogens is 1. The standard InChI is InChI=1S/C29H32FN5O5.C2H6/c1-17-9-10-23(22(30)13-17)32-26-24(29(39)33(3)4)25(18(2)28(38)34(26)5)35(16-36)21-8-6-7-19(14-21)27(37)31-20-11-12-40-15-20;1-2/h6-10,13-14,16,20,32H,11-12,15H2,1-5H3,(H,31,37);1-2H3. The second-order valence-electron chi connectivity index (χ2n) is 9.93. The molecule has 2 aromatic carbocycles. The molecule has 1 aromatic heterocycles. The van der Waals surface area contributed by atoms with Crippen LogP contribution in [0.2, 0.25) is 0 Å². The molecule has 0 radical (unpaired) electrons. The fraction of sp³-hybridized carbons (Fsp3) is 0.355. The number of ether oxygens (including phenoxy) is 1. The van der Waals surface area contributed by atoms with E-state index in [4.69, 9.17) is 4.74 Å². The third-order valence-corrected chi connectivity index (χ3v) is 6.79. The lowest BCUT2D eigenvalue weighted by atomic mass is 10.0. The molecular formula is C31H38FN5O5. The number of nitrogens with one attached hydrogen (secondary N) is 2. The van der Waals surface area contributed by atoms with Gasteiger partial charge in [-0.05, 0) is 56.2 Å². The minimum Gasteiger partial charge on any atom is -0.379 e. The second-order valence-corrected chi connectivity index (χ2v) is 9.93. The molecule has 1 atom stereocenters. The summed E-state index contributed by atoms with van der Waals surface area (Å²) in [5.41, 5.74) is 0.927. The van der Waals surface area contributed by atoms with E-state index in [-0.39, 0.29) is 46.0 Å². The van der Waals surface area contributed by atoms with E-state index in [2.05, 4.69) is 10.6 Å². The van der Waals surface area contributed by atoms with Gasteiger partial charge in [0.2, 0.25) is 6.41 Å². The van der Waals surface area contributed by atoms with Crippen molar-refractivity contribution in [3.05, 3.63) is 80.9 Å². The minimum atomic E-state index is -0.573. The number of hydrogen-bond acceptors (Lipinski definition) is 6. The molecule has 0 saturated carbocycles. The number of hydrogen-bond donors (Lipinski definition) is 2. The van der Waals surface area contributed by atoms with Crippen LogP contribution >= 0.6 is 0 Å². The van der Waals surface area contributed by atoms with Gasteiger partial charge in [0.25, 0.3) is 17.4 Å². The highest BCUT2D eigenvalue weighted by Gasteiger charge is 2.30. The summed E-state index contributed by atoms with van der Waals surface area (Å²) in [5.74, 6) is -1.43. The number of pyridine rings is 1. The van der Waals surface area contributed by atoms with E-state index in [0.717, 1.165) is 4.90 Å². The maximum Gasteiger partial charge on any atom is 0.259 e. The normalized spacial score (nSPS) is 14.0. The molecule has 0 bridgehead atoms. The van der Waals surface area contributed by atoms with Gasteiger partial charge in [0.15, 0.2) is 0 Å². The first-order valence-corrected chi connectivity index (χ1v) is 13.7. The molecule has 0 aliphatic carbocycles. The van der Waals surface area contributed by atoms with Crippen LogP contribution in [0.25, 0.3) is 0 Å². The number of halogens is 1. The number of anilines is 4. The van der Waals surface area contributed by atoms with Gasteiger partial charge in [-0.1, -0.05) is 26.0 Å². The van der Waals surface area contributed by atoms with Crippen LogP contribution in [0.1, 0.15) is 52.1 Å². The van der Waals surface area contributed by atoms with Gasteiger partial charge in [-0.25, -0.2) is 4.39 Å². The summed E-state index contributed by atoms with van der Waals surface area (Å²) >= 11 is 0. The Morgan fingerprint density at radius 1 is 1.12 bits per heavy atom. The Morgan fingerprint density at radius 2 is 1.83 bits per heavy atom. The first-order chi connectivity index (χ1) is 20.0. The van der Waals surface area contributed by atoms with Gasteiger partial charge in [0, 0.05) is 44.6 Å². The summed E-state index contributed by atoms with van der Waals surface area (Å²) in [6.07, 6.45) is 1.18. The summed E-state index contributed by atoms with van der Waals surface area (Å²) < 4.78 is 21.4. The summed E-state index contributed by atoms with van der Waals surface area (Å²) in [5, 5.41) is 5.81. The number of rotatable bonds is 8. The molecule has 224 valence electrons. The average molecular weight is 580 g/mol. The number of carbonyl (C=O) groups excluding carboxylic acids is 3. The Bertz CT molecular complexity index is 1530. The van der Waals surface area contributed by atoms with Crippen molar-refractivity contribution in [2.45, 2.75) is 40.2 Å². The first-order valence-electron chi connectivity index (χ1n) is 13.7. The summed E-state index contributed by atoms with van der Waals surface area (Å²) in [6, 6.07) is 10.7. The van der Waals surface area contributed by atoms with Crippen LogP contribution in [-0.2, 0) is 16.6 Å². The van der Waals surface area contributed by atoms with E-state index in [1.54, 1.807) is 31.2 Å². The molecule has 1 fully saturated rings. The number of amides is 3. The topological polar surface area (TPSA) is 113 Å². The molecule has 1 saturated heterocycles. The number of carbonyl (C=O) groups is 3. The summed E-state index contributed by atoms with van der Waals surface area (Å²) in [4.78, 5) is 55.0. The predicted octanol–water partition coefficient (Wildman–Crippen LogP) is 4.43. The number of benzene rings is 2. The maximum absolute atomic E-state index is 14.8. The minimum absolute atomic E-state index is 0.00836. The van der Waals surface area contributed by atoms with E-state index in [1.165, 1.54) is 55.7 Å². The highest BCUT2D eigenvalue weighted by atomic mass is 19.1. The van der Waals surface area contributed by atoms with Crippen molar-refractivity contribution in [1.29, 1.82) is 0 Å². The zero-order valence-corrected chi connectivity index (χ0v) is 25.1. The molecule has 42 heavy (non-hydrogen) atoms. The molecule has 4 rings (SSSR count). The summed E-state index contributed by atoms with van der Waals surface area (Å²) in [6.45, 7) is 8.24. The van der Waals surface area contributed by atoms with Gasteiger partial charge in [-0.3, -0.25) is 28.6 Å². The molecule has 1 aliphatic rings. The average Bonchev–Trinajstić information content (AvgIpc) is 3.49. The van der Waals surface area contributed by atoms with E-state index < -0.39 is 17.3 Å². The monoisotopic (exact) mass is 579 g/mol. The van der Waals surface area contributed by atoms with Crippen molar-refractivity contribution in [3.8, 4) is 0 Å². The van der Waals surface area contributed by atoms with E-state index in [0.29, 0.717) is 37.2 Å². The molecule has 11 heteroatoms. The van der Waals surface area contributed by atoms with Gasteiger partial charge in [-0.2, -0.15) is 0 Å². The molecule has 2 N–H and O–H groups in total. The molecule has 10 nitrogen and oxygen atoms in total. The first kappa shape index (κ1) is 32.0. The van der Waals surface area contributed by atoms with Crippen LogP contribution in [0.4, 0.5) is 27.3 Å².